The van der Waals surface area contributed by atoms with Gasteiger partial charge in [-0.2, -0.15) is 0 Å². The van der Waals surface area contributed by atoms with Gasteiger partial charge in [0.25, 0.3) is 0 Å². The van der Waals surface area contributed by atoms with Crippen LogP contribution >= 0.6 is 11.6 Å². The molecule has 5 heteroatoms. The summed E-state index contributed by atoms with van der Waals surface area (Å²) in [5.74, 6) is 0.637. The number of carbonyl (C=O) groups excluding carboxylic acids is 1. The van der Waals surface area contributed by atoms with Gasteiger partial charge in [0.1, 0.15) is 0 Å². The highest BCUT2D eigenvalue weighted by atomic mass is 35.5. The van der Waals surface area contributed by atoms with Crippen molar-refractivity contribution in [2.75, 3.05) is 42.5 Å². The fraction of sp³-hybridized carbons (Fsp3) is 0.409. The first-order chi connectivity index (χ1) is 13.1. The molecule has 2 aliphatic rings. The number of nitrogens with zero attached hydrogens (tertiary/aromatic N) is 3. The number of rotatable bonds is 4. The largest absolute Gasteiger partial charge is 0.368 e. The second-order valence-corrected chi connectivity index (χ2v) is 8.01. The zero-order valence-electron chi connectivity index (χ0n) is 15.8. The Balaban J connectivity index is 1.44. The number of halogens is 1. The molecule has 0 atom stereocenters. The quantitative estimate of drug-likeness (QED) is 0.757. The minimum Gasteiger partial charge on any atom is -0.368 e. The van der Waals surface area contributed by atoms with Gasteiger partial charge in [-0.15, -0.1) is 0 Å². The average molecular weight is 384 g/mol. The Labute approximate surface area is 166 Å². The standard InChI is InChI=1S/C22H26ClN3O/c1-17-4-2-3-5-21(17)24-12-14-25(15-13-24)22(27)26(16-18-6-7-18)20-10-8-19(23)9-11-20/h2-5,8-11,18H,6-7,12-16H2,1H3. The molecule has 2 aromatic rings. The number of anilines is 2. The van der Waals surface area contributed by atoms with E-state index in [2.05, 4.69) is 36.1 Å². The predicted octanol–water partition coefficient (Wildman–Crippen LogP) is 4.81. The third-order valence-electron chi connectivity index (χ3n) is 5.51. The smallest absolute Gasteiger partial charge is 0.324 e. The molecule has 4 rings (SSSR count). The Bertz CT molecular complexity index is 795. The molecule has 1 heterocycles. The summed E-state index contributed by atoms with van der Waals surface area (Å²) in [5, 5.41) is 0.699. The second kappa shape index (κ2) is 7.81. The second-order valence-electron chi connectivity index (χ2n) is 7.57. The maximum absolute atomic E-state index is 13.3. The fourth-order valence-corrected chi connectivity index (χ4v) is 3.83. The lowest BCUT2D eigenvalue weighted by Gasteiger charge is -2.39. The first-order valence-corrected chi connectivity index (χ1v) is 10.1. The van der Waals surface area contributed by atoms with Crippen LogP contribution in [0, 0.1) is 12.8 Å². The van der Waals surface area contributed by atoms with E-state index in [9.17, 15) is 4.79 Å². The van der Waals surface area contributed by atoms with Gasteiger partial charge in [-0.3, -0.25) is 4.90 Å². The summed E-state index contributed by atoms with van der Waals surface area (Å²) < 4.78 is 0. The van der Waals surface area contributed by atoms with Gasteiger partial charge in [-0.05, 0) is 61.6 Å². The van der Waals surface area contributed by atoms with Gasteiger partial charge in [0.2, 0.25) is 0 Å². The molecule has 0 aromatic heterocycles. The lowest BCUT2D eigenvalue weighted by molar-refractivity contribution is 0.200. The van der Waals surface area contributed by atoms with Gasteiger partial charge in [0, 0.05) is 49.1 Å². The molecule has 1 aliphatic heterocycles. The van der Waals surface area contributed by atoms with Crippen LogP contribution in [0.2, 0.25) is 5.02 Å². The van der Waals surface area contributed by atoms with Gasteiger partial charge < -0.3 is 9.80 Å². The molecule has 0 unspecified atom stereocenters. The third kappa shape index (κ3) is 4.22. The fourth-order valence-electron chi connectivity index (χ4n) is 3.70. The first kappa shape index (κ1) is 18.2. The Morgan fingerprint density at radius 2 is 1.70 bits per heavy atom. The van der Waals surface area contributed by atoms with Gasteiger partial charge in [0.05, 0.1) is 0 Å². The van der Waals surface area contributed by atoms with Crippen molar-refractivity contribution in [2.45, 2.75) is 19.8 Å². The monoisotopic (exact) mass is 383 g/mol. The van der Waals surface area contributed by atoms with Crippen LogP contribution in [-0.4, -0.2) is 43.7 Å². The zero-order valence-corrected chi connectivity index (χ0v) is 16.5. The van der Waals surface area contributed by atoms with Crippen molar-refractivity contribution in [3.8, 4) is 0 Å². The summed E-state index contributed by atoms with van der Waals surface area (Å²) in [5.41, 5.74) is 3.50. The number of amides is 2. The SMILES string of the molecule is Cc1ccccc1N1CCN(C(=O)N(CC2CC2)c2ccc(Cl)cc2)CC1. The third-order valence-corrected chi connectivity index (χ3v) is 5.77. The van der Waals surface area contributed by atoms with Crippen molar-refractivity contribution in [1.82, 2.24) is 4.90 Å². The summed E-state index contributed by atoms with van der Waals surface area (Å²) in [7, 11) is 0. The highest BCUT2D eigenvalue weighted by Gasteiger charge is 2.31. The van der Waals surface area contributed by atoms with E-state index in [1.54, 1.807) is 0 Å². The van der Waals surface area contributed by atoms with Crippen molar-refractivity contribution in [1.29, 1.82) is 0 Å². The zero-order chi connectivity index (χ0) is 18.8. The average Bonchev–Trinajstić information content (AvgIpc) is 3.51. The van der Waals surface area contributed by atoms with Crippen LogP contribution in [0.3, 0.4) is 0 Å². The summed E-state index contributed by atoms with van der Waals surface area (Å²) in [6.07, 6.45) is 2.44. The van der Waals surface area contributed by atoms with Crippen LogP contribution in [0.4, 0.5) is 16.2 Å². The van der Waals surface area contributed by atoms with E-state index in [0.717, 1.165) is 38.4 Å². The Morgan fingerprint density at radius 1 is 1.04 bits per heavy atom. The molecule has 1 saturated carbocycles. The topological polar surface area (TPSA) is 26.8 Å². The van der Waals surface area contributed by atoms with Crippen LogP contribution < -0.4 is 9.80 Å². The summed E-state index contributed by atoms with van der Waals surface area (Å²) in [6.45, 7) is 6.19. The normalized spacial score (nSPS) is 17.1. The van der Waals surface area contributed by atoms with E-state index in [-0.39, 0.29) is 6.03 Å². The minimum absolute atomic E-state index is 0.119. The van der Waals surface area contributed by atoms with E-state index in [1.165, 1.54) is 24.1 Å². The van der Waals surface area contributed by atoms with E-state index in [4.69, 9.17) is 11.6 Å². The molecule has 27 heavy (non-hydrogen) atoms. The highest BCUT2D eigenvalue weighted by Crippen LogP contribution is 2.32. The van der Waals surface area contributed by atoms with E-state index >= 15 is 0 Å². The van der Waals surface area contributed by atoms with Crippen LogP contribution in [0.5, 0.6) is 0 Å². The molecule has 142 valence electrons. The number of hydrogen-bond acceptors (Lipinski definition) is 2. The number of benzene rings is 2. The number of aryl methyl sites for hydroxylation is 1. The van der Waals surface area contributed by atoms with Crippen LogP contribution in [0.25, 0.3) is 0 Å². The van der Waals surface area contributed by atoms with Crippen LogP contribution in [0.15, 0.2) is 48.5 Å². The van der Waals surface area contributed by atoms with Crippen LogP contribution in [0.1, 0.15) is 18.4 Å². The number of para-hydroxylation sites is 1. The first-order valence-electron chi connectivity index (χ1n) is 9.74. The van der Waals surface area contributed by atoms with Crippen molar-refractivity contribution in [2.24, 2.45) is 5.92 Å². The summed E-state index contributed by atoms with van der Waals surface area (Å²) >= 11 is 6.03. The molecular formula is C22H26ClN3O. The van der Waals surface area contributed by atoms with Crippen molar-refractivity contribution >= 4 is 29.0 Å². The molecule has 2 aromatic carbocycles. The highest BCUT2D eigenvalue weighted by molar-refractivity contribution is 6.30. The van der Waals surface area contributed by atoms with Crippen molar-refractivity contribution < 1.29 is 4.79 Å². The van der Waals surface area contributed by atoms with Crippen molar-refractivity contribution in [3.63, 3.8) is 0 Å². The molecule has 2 amide bonds. The van der Waals surface area contributed by atoms with Gasteiger partial charge >= 0.3 is 6.03 Å². The lowest BCUT2D eigenvalue weighted by Crippen LogP contribution is -2.53. The van der Waals surface area contributed by atoms with E-state index in [0.29, 0.717) is 10.9 Å². The number of carbonyl (C=O) groups is 1. The Hall–Kier alpha value is -2.20. The number of piperazine rings is 1. The molecule has 2 fully saturated rings. The Kier molecular flexibility index (Phi) is 5.26. The Morgan fingerprint density at radius 3 is 2.33 bits per heavy atom. The molecule has 1 saturated heterocycles. The molecule has 0 radical (unpaired) electrons. The van der Waals surface area contributed by atoms with Crippen LogP contribution in [-0.2, 0) is 0 Å². The maximum Gasteiger partial charge on any atom is 0.324 e. The molecule has 0 spiro atoms. The summed E-state index contributed by atoms with van der Waals surface area (Å²) in [6, 6.07) is 16.2. The number of hydrogen-bond donors (Lipinski definition) is 0. The molecule has 4 nitrogen and oxygen atoms in total. The molecule has 1 aliphatic carbocycles. The van der Waals surface area contributed by atoms with E-state index in [1.807, 2.05) is 34.1 Å². The van der Waals surface area contributed by atoms with Crippen molar-refractivity contribution in [3.05, 3.63) is 59.1 Å². The van der Waals surface area contributed by atoms with Gasteiger partial charge in [0.15, 0.2) is 0 Å². The van der Waals surface area contributed by atoms with E-state index < -0.39 is 0 Å². The molecule has 0 N–H and O–H groups in total. The lowest BCUT2D eigenvalue weighted by atomic mass is 10.1. The molecular weight excluding hydrogens is 358 g/mol. The van der Waals surface area contributed by atoms with Gasteiger partial charge in [-0.25, -0.2) is 4.79 Å². The summed E-state index contributed by atoms with van der Waals surface area (Å²) in [4.78, 5) is 19.6. The minimum atomic E-state index is 0.119. The maximum atomic E-state index is 13.3. The number of urea groups is 1. The van der Waals surface area contributed by atoms with Gasteiger partial charge in [-0.1, -0.05) is 29.8 Å². The predicted molar refractivity (Wildman–Crippen MR) is 112 cm³/mol. The molecule has 0 bridgehead atoms.